The summed E-state index contributed by atoms with van der Waals surface area (Å²) >= 11 is 0. The Bertz CT molecular complexity index is 1440. The Kier molecular flexibility index (Phi) is 6.90. The van der Waals surface area contributed by atoms with Gasteiger partial charge >= 0.3 is 0 Å². The van der Waals surface area contributed by atoms with Gasteiger partial charge in [-0.3, -0.25) is 0 Å². The maximum atomic E-state index is 6.09. The van der Waals surface area contributed by atoms with Crippen molar-refractivity contribution < 1.29 is 0 Å². The number of nitrogen functional groups attached to an aromatic ring is 1. The van der Waals surface area contributed by atoms with E-state index in [0.29, 0.717) is 17.8 Å². The van der Waals surface area contributed by atoms with Crippen molar-refractivity contribution in [2.45, 2.75) is 90.6 Å². The minimum Gasteiger partial charge on any atom is -0.383 e. The summed E-state index contributed by atoms with van der Waals surface area (Å²) in [5, 5.41) is 0.974. The highest BCUT2D eigenvalue weighted by molar-refractivity contribution is 5.86. The lowest BCUT2D eigenvalue weighted by Crippen LogP contribution is -2.47. The third-order valence-electron chi connectivity index (χ3n) is 9.75. The molecular formula is C32H45N7. The number of H-pyrrole nitrogens is 1. The second-order valence-corrected chi connectivity index (χ2v) is 13.4. The average Bonchev–Trinajstić information content (AvgIpc) is 3.58. The normalized spacial score (nSPS) is 25.6. The summed E-state index contributed by atoms with van der Waals surface area (Å²) in [6.45, 7) is 13.9. The van der Waals surface area contributed by atoms with Crippen LogP contribution in [0.4, 0.5) is 5.82 Å². The molecule has 1 aromatic carbocycles. The fraction of sp³-hybridized carbons (Fsp3) is 0.594. The van der Waals surface area contributed by atoms with E-state index in [1.807, 2.05) is 0 Å². The second kappa shape index (κ2) is 10.2. The van der Waals surface area contributed by atoms with Gasteiger partial charge in [-0.2, -0.15) is 0 Å². The molecule has 3 atom stereocenters. The van der Waals surface area contributed by atoms with Gasteiger partial charge in [-0.25, -0.2) is 15.0 Å². The van der Waals surface area contributed by atoms with Gasteiger partial charge in [0.25, 0.3) is 0 Å². The van der Waals surface area contributed by atoms with E-state index in [-0.39, 0.29) is 5.41 Å². The number of nitrogens with two attached hydrogens (primary N) is 1. The number of nitrogens with one attached hydrogen (secondary N) is 1. The summed E-state index contributed by atoms with van der Waals surface area (Å²) in [4.78, 5) is 20.0. The predicted octanol–water partition coefficient (Wildman–Crippen LogP) is 6.51. The number of aromatic nitrogens is 5. The molecule has 208 valence electrons. The standard InChI is InChI=1S/C32H45N7/c1-6-38(18-22-16-25(13-20(22)2)39-12-11-26-30(33)34-19-35-31(26)39)24-14-21(15-24)7-10-29-36-27-9-8-23(32(3,4)5)17-28(27)37-29/h8-9,11-12,17,19-22,24-25H,6-7,10,13-16,18H2,1-5H3,(H,36,37)(H2,33,34,35). The highest BCUT2D eigenvalue weighted by Gasteiger charge is 2.38. The van der Waals surface area contributed by atoms with Crippen molar-refractivity contribution in [2.24, 2.45) is 17.8 Å². The fourth-order valence-corrected chi connectivity index (χ4v) is 7.13. The number of nitrogens with zero attached hydrogens (tertiary/aromatic N) is 5. The minimum absolute atomic E-state index is 0.156. The van der Waals surface area contributed by atoms with Crippen LogP contribution in [0.1, 0.15) is 84.2 Å². The van der Waals surface area contributed by atoms with Crippen LogP contribution in [-0.2, 0) is 11.8 Å². The quantitative estimate of drug-likeness (QED) is 0.273. The highest BCUT2D eigenvalue weighted by Crippen LogP contribution is 2.43. The number of anilines is 1. The smallest absolute Gasteiger partial charge is 0.145 e. The van der Waals surface area contributed by atoms with Gasteiger partial charge in [-0.05, 0) is 85.6 Å². The van der Waals surface area contributed by atoms with Crippen molar-refractivity contribution in [2.75, 3.05) is 18.8 Å². The van der Waals surface area contributed by atoms with Crippen molar-refractivity contribution in [1.29, 1.82) is 0 Å². The van der Waals surface area contributed by atoms with E-state index in [0.717, 1.165) is 53.2 Å². The lowest BCUT2D eigenvalue weighted by Gasteiger charge is -2.44. The van der Waals surface area contributed by atoms with Gasteiger partial charge in [0, 0.05) is 31.2 Å². The Morgan fingerprint density at radius 3 is 2.69 bits per heavy atom. The Hall–Kier alpha value is -2.93. The zero-order valence-electron chi connectivity index (χ0n) is 24.3. The summed E-state index contributed by atoms with van der Waals surface area (Å²) in [6, 6.07) is 9.97. The van der Waals surface area contributed by atoms with Crippen molar-refractivity contribution in [3.63, 3.8) is 0 Å². The molecule has 2 fully saturated rings. The molecule has 0 aliphatic heterocycles. The van der Waals surface area contributed by atoms with E-state index in [2.05, 4.69) is 89.5 Å². The van der Waals surface area contributed by atoms with Gasteiger partial charge in [-0.1, -0.05) is 40.7 Å². The zero-order chi connectivity index (χ0) is 27.3. The van der Waals surface area contributed by atoms with Crippen LogP contribution in [0.5, 0.6) is 0 Å². The Morgan fingerprint density at radius 2 is 1.92 bits per heavy atom. The Labute approximate surface area is 232 Å². The maximum absolute atomic E-state index is 6.09. The molecule has 4 aromatic rings. The van der Waals surface area contributed by atoms with E-state index in [1.54, 1.807) is 6.33 Å². The molecule has 3 heterocycles. The molecule has 7 heteroatoms. The molecule has 3 unspecified atom stereocenters. The van der Waals surface area contributed by atoms with Crippen molar-refractivity contribution >= 4 is 27.9 Å². The molecule has 0 spiro atoms. The molecule has 3 N–H and O–H groups in total. The first kappa shape index (κ1) is 26.3. The number of aromatic amines is 1. The monoisotopic (exact) mass is 527 g/mol. The average molecular weight is 528 g/mol. The lowest BCUT2D eigenvalue weighted by molar-refractivity contribution is 0.0600. The first-order valence-corrected chi connectivity index (χ1v) is 15.0. The van der Waals surface area contributed by atoms with Crippen LogP contribution in [-0.4, -0.2) is 48.5 Å². The van der Waals surface area contributed by atoms with E-state index in [1.165, 1.54) is 49.7 Å². The molecule has 39 heavy (non-hydrogen) atoms. The van der Waals surface area contributed by atoms with Gasteiger partial charge in [0.05, 0.1) is 16.4 Å². The fourth-order valence-electron chi connectivity index (χ4n) is 7.13. The second-order valence-electron chi connectivity index (χ2n) is 13.4. The van der Waals surface area contributed by atoms with E-state index >= 15 is 0 Å². The number of imidazole rings is 1. The molecule has 6 rings (SSSR count). The molecule has 0 bridgehead atoms. The number of hydrogen-bond donors (Lipinski definition) is 2. The van der Waals surface area contributed by atoms with E-state index < -0.39 is 0 Å². The van der Waals surface area contributed by atoms with Crippen LogP contribution < -0.4 is 5.73 Å². The molecule has 2 aliphatic carbocycles. The molecule has 0 radical (unpaired) electrons. The van der Waals surface area contributed by atoms with E-state index in [9.17, 15) is 0 Å². The van der Waals surface area contributed by atoms with Gasteiger partial charge in [0.15, 0.2) is 0 Å². The van der Waals surface area contributed by atoms with Crippen LogP contribution in [0.15, 0.2) is 36.8 Å². The predicted molar refractivity (Wildman–Crippen MR) is 160 cm³/mol. The lowest BCUT2D eigenvalue weighted by atomic mass is 9.76. The molecule has 3 aromatic heterocycles. The molecule has 2 saturated carbocycles. The Morgan fingerprint density at radius 1 is 1.10 bits per heavy atom. The van der Waals surface area contributed by atoms with E-state index in [4.69, 9.17) is 10.7 Å². The number of benzene rings is 1. The zero-order valence-corrected chi connectivity index (χ0v) is 24.3. The molecule has 7 nitrogen and oxygen atoms in total. The number of fused-ring (bicyclic) bond motifs is 2. The number of hydrogen-bond acceptors (Lipinski definition) is 5. The molecule has 0 saturated heterocycles. The summed E-state index contributed by atoms with van der Waals surface area (Å²) in [7, 11) is 0. The maximum Gasteiger partial charge on any atom is 0.145 e. The van der Waals surface area contributed by atoms with Crippen LogP contribution in [0.2, 0.25) is 0 Å². The van der Waals surface area contributed by atoms with Gasteiger partial charge < -0.3 is 20.2 Å². The van der Waals surface area contributed by atoms with Crippen molar-refractivity contribution in [1.82, 2.24) is 29.4 Å². The third kappa shape index (κ3) is 5.18. The summed E-state index contributed by atoms with van der Waals surface area (Å²) in [5.74, 6) is 3.96. The Balaban J connectivity index is 1.01. The van der Waals surface area contributed by atoms with Crippen LogP contribution in [0.25, 0.3) is 22.1 Å². The van der Waals surface area contributed by atoms with Crippen molar-refractivity contribution in [3.05, 3.63) is 48.2 Å². The number of rotatable bonds is 8. The SMILES string of the molecule is CCN(CC1CC(n2ccc3c(N)ncnc32)CC1C)C1CC(CCc2nc3ccc(C(C)(C)C)cc3[nH]2)C1. The van der Waals surface area contributed by atoms with Crippen LogP contribution >= 0.6 is 0 Å². The third-order valence-corrected chi connectivity index (χ3v) is 9.75. The van der Waals surface area contributed by atoms with Crippen LogP contribution in [0.3, 0.4) is 0 Å². The highest BCUT2D eigenvalue weighted by atomic mass is 15.2. The topological polar surface area (TPSA) is 88.7 Å². The van der Waals surface area contributed by atoms with Gasteiger partial charge in [-0.15, -0.1) is 0 Å². The van der Waals surface area contributed by atoms with Gasteiger partial charge in [0.1, 0.15) is 23.6 Å². The minimum atomic E-state index is 0.156. The molecule has 2 aliphatic rings. The van der Waals surface area contributed by atoms with Crippen molar-refractivity contribution in [3.8, 4) is 0 Å². The first-order valence-electron chi connectivity index (χ1n) is 15.0. The first-order chi connectivity index (χ1) is 18.7. The summed E-state index contributed by atoms with van der Waals surface area (Å²) < 4.78 is 2.35. The molecule has 0 amide bonds. The largest absolute Gasteiger partial charge is 0.383 e. The van der Waals surface area contributed by atoms with Gasteiger partial charge in [0.2, 0.25) is 0 Å². The molecular weight excluding hydrogens is 482 g/mol. The van der Waals surface area contributed by atoms with Crippen LogP contribution in [0, 0.1) is 17.8 Å². The summed E-state index contributed by atoms with van der Waals surface area (Å²) in [6.07, 6.45) is 11.1. The number of aryl methyl sites for hydroxylation is 1. The summed E-state index contributed by atoms with van der Waals surface area (Å²) in [5.41, 5.74) is 10.8.